The van der Waals surface area contributed by atoms with E-state index in [0.29, 0.717) is 0 Å². The molecule has 0 spiro atoms. The standard InChI is InChI=1S/C9H8O3.CH2N2/c1-6(10)7-4-2-3-5-8(7)9(11)12;1-3-2/h2-5H,1H3,(H,11,12);1H2. The van der Waals surface area contributed by atoms with Gasteiger partial charge in [-0.2, -0.15) is 4.79 Å². The normalized spacial score (nSPS) is 8.07. The summed E-state index contributed by atoms with van der Waals surface area (Å²) in [5.74, 6) is -1.30. The first-order valence-corrected chi connectivity index (χ1v) is 3.98. The molecule has 0 saturated carbocycles. The Bertz CT molecular complexity index is 374. The van der Waals surface area contributed by atoms with Gasteiger partial charge in [-0.15, -0.1) is 0 Å². The Balaban J connectivity index is 0.000000583. The molecule has 0 aliphatic rings. The molecule has 1 aromatic rings. The molecule has 1 rings (SSSR count). The van der Waals surface area contributed by atoms with E-state index in [1.54, 1.807) is 12.1 Å². The number of hydrogen-bond acceptors (Lipinski definition) is 2. The molecular formula is C10H10N2O3. The lowest BCUT2D eigenvalue weighted by atomic mass is 10.1. The maximum Gasteiger partial charge on any atom is 0.336 e. The van der Waals surface area contributed by atoms with Crippen molar-refractivity contribution in [3.8, 4) is 0 Å². The van der Waals surface area contributed by atoms with E-state index in [9.17, 15) is 9.59 Å². The summed E-state index contributed by atoms with van der Waals surface area (Å²) >= 11 is 0. The van der Waals surface area contributed by atoms with Gasteiger partial charge in [0.25, 0.3) is 0 Å². The molecule has 1 N–H and O–H groups in total. The maximum absolute atomic E-state index is 10.9. The van der Waals surface area contributed by atoms with Crippen molar-refractivity contribution >= 4 is 18.5 Å². The van der Waals surface area contributed by atoms with Crippen LogP contribution in [0.2, 0.25) is 0 Å². The average Bonchev–Trinajstić information content (AvgIpc) is 2.19. The summed E-state index contributed by atoms with van der Waals surface area (Å²) in [6.45, 7) is 4.02. The first-order chi connectivity index (χ1) is 7.04. The fourth-order valence-corrected chi connectivity index (χ4v) is 0.977. The molecule has 0 fully saturated rings. The highest BCUT2D eigenvalue weighted by Gasteiger charge is 2.11. The summed E-state index contributed by atoms with van der Waals surface area (Å²) in [7, 11) is 0. The van der Waals surface area contributed by atoms with Crippen LogP contribution in [0.4, 0.5) is 0 Å². The van der Waals surface area contributed by atoms with Crippen molar-refractivity contribution < 1.29 is 19.5 Å². The number of rotatable bonds is 2. The summed E-state index contributed by atoms with van der Waals surface area (Å²) in [6, 6.07) is 6.16. The van der Waals surface area contributed by atoms with Gasteiger partial charge in [-0.25, -0.2) is 4.79 Å². The Kier molecular flexibility index (Phi) is 5.29. The molecule has 78 valence electrons. The van der Waals surface area contributed by atoms with Gasteiger partial charge in [0.1, 0.15) is 0 Å². The van der Waals surface area contributed by atoms with Crippen molar-refractivity contribution in [2.45, 2.75) is 6.92 Å². The molecular weight excluding hydrogens is 196 g/mol. The van der Waals surface area contributed by atoms with E-state index in [0.717, 1.165) is 0 Å². The van der Waals surface area contributed by atoms with E-state index in [1.165, 1.54) is 19.1 Å². The van der Waals surface area contributed by atoms with Gasteiger partial charge in [-0.1, -0.05) is 18.2 Å². The van der Waals surface area contributed by atoms with Crippen LogP contribution in [0.1, 0.15) is 27.6 Å². The first kappa shape index (κ1) is 12.7. The lowest BCUT2D eigenvalue weighted by Gasteiger charge is -1.99. The summed E-state index contributed by atoms with van der Waals surface area (Å²) in [5.41, 5.74) is 7.40. The number of nitrogens with zero attached hydrogens (tertiary/aromatic N) is 2. The zero-order chi connectivity index (χ0) is 11.8. The monoisotopic (exact) mass is 206 g/mol. The highest BCUT2D eigenvalue weighted by atomic mass is 16.4. The molecule has 0 radical (unpaired) electrons. The molecule has 5 heteroatoms. The second-order valence-electron chi connectivity index (χ2n) is 2.55. The molecule has 0 aliphatic carbocycles. The van der Waals surface area contributed by atoms with Crippen LogP contribution in [0.25, 0.3) is 5.53 Å². The Labute approximate surface area is 86.6 Å². The Morgan fingerprint density at radius 3 is 2.00 bits per heavy atom. The van der Waals surface area contributed by atoms with E-state index in [2.05, 4.69) is 11.5 Å². The summed E-state index contributed by atoms with van der Waals surface area (Å²) < 4.78 is 0. The van der Waals surface area contributed by atoms with E-state index in [-0.39, 0.29) is 16.9 Å². The van der Waals surface area contributed by atoms with Crippen LogP contribution in [0.15, 0.2) is 24.3 Å². The molecule has 5 nitrogen and oxygen atoms in total. The van der Waals surface area contributed by atoms with E-state index < -0.39 is 5.97 Å². The van der Waals surface area contributed by atoms with Crippen LogP contribution in [-0.2, 0) is 0 Å². The second-order valence-corrected chi connectivity index (χ2v) is 2.55. The molecule has 0 saturated heterocycles. The minimum Gasteiger partial charge on any atom is -0.478 e. The minimum absolute atomic E-state index is 0.0602. The second kappa shape index (κ2) is 6.23. The topological polar surface area (TPSA) is 90.8 Å². The van der Waals surface area contributed by atoms with Gasteiger partial charge >= 0.3 is 5.97 Å². The molecule has 0 aliphatic heterocycles. The SMILES string of the molecule is C=[N+]=[N-].CC(=O)c1ccccc1C(=O)O. The smallest absolute Gasteiger partial charge is 0.336 e. The van der Waals surface area contributed by atoms with Crippen molar-refractivity contribution in [2.24, 2.45) is 0 Å². The van der Waals surface area contributed by atoms with Gasteiger partial charge in [0.2, 0.25) is 6.72 Å². The number of benzene rings is 1. The van der Waals surface area contributed by atoms with Crippen LogP contribution in [-0.4, -0.2) is 28.4 Å². The molecule has 0 aromatic heterocycles. The number of hydrogen-bond donors (Lipinski definition) is 1. The number of carboxylic acids is 1. The van der Waals surface area contributed by atoms with Gasteiger partial charge in [0.05, 0.1) is 5.56 Å². The van der Waals surface area contributed by atoms with Crippen LogP contribution >= 0.6 is 0 Å². The molecule has 0 atom stereocenters. The predicted molar refractivity (Wildman–Crippen MR) is 54.1 cm³/mol. The Morgan fingerprint density at radius 2 is 1.73 bits per heavy atom. The van der Waals surface area contributed by atoms with Crippen molar-refractivity contribution in [3.63, 3.8) is 0 Å². The van der Waals surface area contributed by atoms with Crippen LogP contribution in [0.5, 0.6) is 0 Å². The third-order valence-electron chi connectivity index (χ3n) is 1.54. The van der Waals surface area contributed by atoms with Gasteiger partial charge in [0.15, 0.2) is 5.78 Å². The fourth-order valence-electron chi connectivity index (χ4n) is 0.977. The summed E-state index contributed by atoms with van der Waals surface area (Å²) in [6.07, 6.45) is 0. The number of Topliss-reactive ketones (excluding diaryl/α,β-unsaturated/α-hetero) is 1. The van der Waals surface area contributed by atoms with Crippen LogP contribution in [0.3, 0.4) is 0 Å². The highest BCUT2D eigenvalue weighted by Crippen LogP contribution is 2.08. The molecule has 1 aromatic carbocycles. The highest BCUT2D eigenvalue weighted by molar-refractivity contribution is 6.04. The van der Waals surface area contributed by atoms with Gasteiger partial charge in [0, 0.05) is 5.56 Å². The summed E-state index contributed by atoms with van der Waals surface area (Å²) in [4.78, 5) is 23.7. The third kappa shape index (κ3) is 3.97. The van der Waals surface area contributed by atoms with Crippen molar-refractivity contribution in [3.05, 3.63) is 40.9 Å². The third-order valence-corrected chi connectivity index (χ3v) is 1.54. The Morgan fingerprint density at radius 1 is 1.33 bits per heavy atom. The summed E-state index contributed by atoms with van der Waals surface area (Å²) in [5, 5.41) is 8.66. The van der Waals surface area contributed by atoms with Crippen LogP contribution < -0.4 is 0 Å². The average molecular weight is 206 g/mol. The largest absolute Gasteiger partial charge is 0.478 e. The maximum atomic E-state index is 10.9. The van der Waals surface area contributed by atoms with Gasteiger partial charge in [-0.05, 0) is 13.0 Å². The van der Waals surface area contributed by atoms with Crippen molar-refractivity contribution in [1.82, 2.24) is 0 Å². The zero-order valence-electron chi connectivity index (χ0n) is 8.17. The number of carboxylic acid groups (broad SMARTS) is 1. The minimum atomic E-state index is -1.07. The Hall–Kier alpha value is -2.26. The van der Waals surface area contributed by atoms with Crippen molar-refractivity contribution in [1.29, 1.82) is 0 Å². The number of ketones is 1. The van der Waals surface area contributed by atoms with E-state index in [4.69, 9.17) is 10.6 Å². The van der Waals surface area contributed by atoms with E-state index in [1.807, 2.05) is 0 Å². The zero-order valence-corrected chi connectivity index (χ0v) is 8.17. The first-order valence-electron chi connectivity index (χ1n) is 3.98. The lowest BCUT2D eigenvalue weighted by Crippen LogP contribution is -2.05. The quantitative estimate of drug-likeness (QED) is 0.344. The van der Waals surface area contributed by atoms with Gasteiger partial charge in [-0.3, -0.25) is 4.79 Å². The predicted octanol–water partition coefficient (Wildman–Crippen LogP) is 1.50. The molecule has 0 unspecified atom stereocenters. The van der Waals surface area contributed by atoms with Gasteiger partial charge < -0.3 is 10.6 Å². The van der Waals surface area contributed by atoms with Crippen molar-refractivity contribution in [2.75, 3.05) is 0 Å². The number of aromatic carboxylic acids is 1. The number of carbonyl (C=O) groups excluding carboxylic acids is 1. The molecule has 0 amide bonds. The molecule has 0 heterocycles. The number of carbonyl (C=O) groups is 2. The fraction of sp³-hybridized carbons (Fsp3) is 0.100. The molecule has 15 heavy (non-hydrogen) atoms. The lowest BCUT2D eigenvalue weighted by molar-refractivity contribution is 0.0110. The van der Waals surface area contributed by atoms with E-state index >= 15 is 0 Å². The molecule has 0 bridgehead atoms. The van der Waals surface area contributed by atoms with Crippen LogP contribution in [0, 0.1) is 0 Å².